The maximum absolute atomic E-state index is 13.4. The van der Waals surface area contributed by atoms with Crippen molar-refractivity contribution in [1.82, 2.24) is 15.0 Å². The summed E-state index contributed by atoms with van der Waals surface area (Å²) < 4.78 is 40.7. The van der Waals surface area contributed by atoms with Gasteiger partial charge >= 0.3 is 0 Å². The fraction of sp³-hybridized carbons (Fsp3) is 0.514. The molecule has 0 bridgehead atoms. The van der Waals surface area contributed by atoms with E-state index in [-0.39, 0.29) is 24.0 Å². The van der Waals surface area contributed by atoms with E-state index in [9.17, 15) is 8.42 Å². The summed E-state index contributed by atoms with van der Waals surface area (Å²) in [5.41, 5.74) is 2.72. The molecule has 2 aliphatic rings. The number of fused-ring (bicyclic) bond motifs is 2. The van der Waals surface area contributed by atoms with E-state index in [1.807, 2.05) is 86.1 Å². The summed E-state index contributed by atoms with van der Waals surface area (Å²) in [4.78, 5) is 7.95. The van der Waals surface area contributed by atoms with E-state index in [4.69, 9.17) is 13.8 Å². The van der Waals surface area contributed by atoms with Crippen LogP contribution in [0, 0.1) is 0 Å². The third-order valence-electron chi connectivity index (χ3n) is 8.82. The van der Waals surface area contributed by atoms with E-state index in [1.165, 1.54) is 0 Å². The molecule has 248 valence electrons. The molecule has 0 aliphatic heterocycles. The van der Waals surface area contributed by atoms with Gasteiger partial charge in [-0.3, -0.25) is 4.18 Å². The predicted octanol–water partition coefficient (Wildman–Crippen LogP) is 6.57. The molecule has 1 unspecified atom stereocenters. The molecule has 0 saturated carbocycles. The van der Waals surface area contributed by atoms with Gasteiger partial charge in [0.05, 0.1) is 36.7 Å². The number of allylic oxidation sites excluding steroid dienone is 4. The third kappa shape index (κ3) is 7.87. The average Bonchev–Trinajstić information content (AvgIpc) is 3.65. The van der Waals surface area contributed by atoms with Crippen LogP contribution in [0.2, 0.25) is 0 Å². The van der Waals surface area contributed by atoms with Crippen molar-refractivity contribution >= 4 is 32.3 Å². The molecule has 0 radical (unpaired) electrons. The van der Waals surface area contributed by atoms with Gasteiger partial charge in [-0.25, -0.2) is 4.68 Å². The number of aromatic nitrogens is 3. The molecule has 5 rings (SSSR count). The second-order valence-corrected chi connectivity index (χ2v) is 15.0. The minimum absolute atomic E-state index is 0.0424. The molecule has 0 amide bonds. The van der Waals surface area contributed by atoms with Crippen LogP contribution < -0.4 is 4.90 Å². The Morgan fingerprint density at radius 3 is 2.48 bits per heavy atom. The Labute approximate surface area is 273 Å². The van der Waals surface area contributed by atoms with Gasteiger partial charge in [0, 0.05) is 42.9 Å². The van der Waals surface area contributed by atoms with Gasteiger partial charge in [0.2, 0.25) is 0 Å². The summed E-state index contributed by atoms with van der Waals surface area (Å²) >= 11 is 0. The Bertz CT molecular complexity index is 1710. The molecule has 0 N–H and O–H groups in total. The monoisotopic (exact) mass is 649 g/mol. The zero-order valence-corrected chi connectivity index (χ0v) is 28.7. The van der Waals surface area contributed by atoms with Crippen molar-refractivity contribution in [3.05, 3.63) is 72.1 Å². The van der Waals surface area contributed by atoms with Gasteiger partial charge in [-0.1, -0.05) is 59.6 Å². The zero-order valence-electron chi connectivity index (χ0n) is 27.9. The van der Waals surface area contributed by atoms with Crippen LogP contribution in [0.4, 0.5) is 5.69 Å². The van der Waals surface area contributed by atoms with Gasteiger partial charge in [-0.05, 0) is 71.2 Å². The fourth-order valence-electron chi connectivity index (χ4n) is 6.16. The predicted molar refractivity (Wildman–Crippen MR) is 182 cm³/mol. The van der Waals surface area contributed by atoms with Gasteiger partial charge in [0.15, 0.2) is 0 Å². The highest BCUT2D eigenvalue weighted by Gasteiger charge is 2.37. The fourth-order valence-corrected chi connectivity index (χ4v) is 7.27. The van der Waals surface area contributed by atoms with E-state index >= 15 is 0 Å². The molecule has 2 aromatic carbocycles. The van der Waals surface area contributed by atoms with Crippen molar-refractivity contribution in [2.24, 2.45) is 5.16 Å². The number of hydrogen-bond donors (Lipinski definition) is 0. The third-order valence-corrected chi connectivity index (χ3v) is 10.2. The maximum atomic E-state index is 13.4. The second kappa shape index (κ2) is 14.1. The first-order chi connectivity index (χ1) is 21.9. The quantitative estimate of drug-likeness (QED) is 0.151. The largest absolute Gasteiger partial charge is 0.389 e. The summed E-state index contributed by atoms with van der Waals surface area (Å²) in [6.45, 7) is 9.00. The molecular formula is C35H47N5O5S. The first kappa shape index (κ1) is 33.8. The molecule has 11 heteroatoms. The Kier molecular flexibility index (Phi) is 10.3. The summed E-state index contributed by atoms with van der Waals surface area (Å²) in [6, 6.07) is 10.9. The standard InChI is InChI=1S/C35H47N5O5S/c1-34(2,45-37-26-14-10-11-15-26)22-24-43-35(3,4)29-18-8-7-9-19-31-33(29)36-38-40(31)23-25-44-46(41,42)32-21-13-16-27-28(32)17-12-20-30(27)39(5)6/h10-17,20-21,29H,7-9,18-19,22-25H2,1-6H3. The molecule has 10 nitrogen and oxygen atoms in total. The summed E-state index contributed by atoms with van der Waals surface area (Å²) in [6.07, 6.45) is 13.3. The molecule has 0 saturated heterocycles. The number of rotatable bonds is 13. The molecular weight excluding hydrogens is 602 g/mol. The molecule has 1 heterocycles. The molecule has 2 aliphatic carbocycles. The van der Waals surface area contributed by atoms with Crippen LogP contribution in [0.25, 0.3) is 10.8 Å². The van der Waals surface area contributed by atoms with Crippen LogP contribution in [0.1, 0.15) is 77.1 Å². The topological polar surface area (TPSA) is 108 Å². The first-order valence-corrected chi connectivity index (χ1v) is 17.5. The zero-order chi connectivity index (χ0) is 33.0. The molecule has 0 spiro atoms. The van der Waals surface area contributed by atoms with Crippen LogP contribution >= 0.6 is 0 Å². The maximum Gasteiger partial charge on any atom is 0.297 e. The molecule has 46 heavy (non-hydrogen) atoms. The Morgan fingerprint density at radius 2 is 1.72 bits per heavy atom. The highest BCUT2D eigenvalue weighted by atomic mass is 32.2. The molecule has 1 atom stereocenters. The van der Waals surface area contributed by atoms with Gasteiger partial charge in [-0.15, -0.1) is 5.10 Å². The van der Waals surface area contributed by atoms with Crippen LogP contribution in [-0.4, -0.2) is 67.6 Å². The normalized spacial score (nSPS) is 17.2. The Balaban J connectivity index is 1.25. The van der Waals surface area contributed by atoms with Crippen LogP contribution in [0.3, 0.4) is 0 Å². The lowest BCUT2D eigenvalue weighted by Crippen LogP contribution is -2.36. The Morgan fingerprint density at radius 1 is 0.978 bits per heavy atom. The lowest BCUT2D eigenvalue weighted by atomic mass is 9.80. The van der Waals surface area contributed by atoms with Crippen molar-refractivity contribution in [2.45, 2.75) is 94.8 Å². The summed E-state index contributed by atoms with van der Waals surface area (Å²) in [5, 5.41) is 14.9. The molecule has 0 fully saturated rings. The molecule has 1 aromatic heterocycles. The van der Waals surface area contributed by atoms with Crippen molar-refractivity contribution < 1.29 is 22.2 Å². The van der Waals surface area contributed by atoms with E-state index < -0.39 is 21.3 Å². The minimum Gasteiger partial charge on any atom is -0.389 e. The lowest BCUT2D eigenvalue weighted by molar-refractivity contribution is -0.0818. The first-order valence-electron chi connectivity index (χ1n) is 16.1. The van der Waals surface area contributed by atoms with Gasteiger partial charge in [-0.2, -0.15) is 8.42 Å². The van der Waals surface area contributed by atoms with Gasteiger partial charge < -0.3 is 14.5 Å². The Hall–Kier alpha value is -3.54. The van der Waals surface area contributed by atoms with E-state index in [0.29, 0.717) is 18.4 Å². The second-order valence-electron chi connectivity index (χ2n) is 13.4. The SMILES string of the molecule is CN(C)c1cccc2c(S(=O)(=O)OCCn3nnc4c3CCCCCC4C(C)(C)OCCC(C)(C)ON=C3C=CC=C3)cccc12. The average molecular weight is 650 g/mol. The van der Waals surface area contributed by atoms with Gasteiger partial charge in [0.1, 0.15) is 16.2 Å². The van der Waals surface area contributed by atoms with E-state index in [0.717, 1.165) is 60.3 Å². The number of hydrogen-bond acceptors (Lipinski definition) is 9. The minimum atomic E-state index is -4.01. The summed E-state index contributed by atoms with van der Waals surface area (Å²) in [7, 11) is -0.131. The number of benzene rings is 2. The highest BCUT2D eigenvalue weighted by Crippen LogP contribution is 2.39. The van der Waals surface area contributed by atoms with Crippen LogP contribution in [-0.2, 0) is 36.8 Å². The van der Waals surface area contributed by atoms with Crippen molar-refractivity contribution in [1.29, 1.82) is 0 Å². The van der Waals surface area contributed by atoms with Crippen molar-refractivity contribution in [3.63, 3.8) is 0 Å². The van der Waals surface area contributed by atoms with Crippen LogP contribution in [0.5, 0.6) is 0 Å². The number of ether oxygens (including phenoxy) is 1. The number of anilines is 1. The van der Waals surface area contributed by atoms with Crippen molar-refractivity contribution in [3.8, 4) is 0 Å². The smallest absolute Gasteiger partial charge is 0.297 e. The molecule has 3 aromatic rings. The van der Waals surface area contributed by atoms with E-state index in [2.05, 4.69) is 29.3 Å². The number of nitrogens with zero attached hydrogens (tertiary/aromatic N) is 5. The number of oxime groups is 1. The van der Waals surface area contributed by atoms with E-state index in [1.54, 1.807) is 12.1 Å². The highest BCUT2D eigenvalue weighted by molar-refractivity contribution is 7.87. The lowest BCUT2D eigenvalue weighted by Gasteiger charge is -2.36. The van der Waals surface area contributed by atoms with Crippen molar-refractivity contribution in [2.75, 3.05) is 32.2 Å². The van der Waals surface area contributed by atoms with Crippen LogP contribution in [0.15, 0.2) is 70.8 Å². The summed E-state index contributed by atoms with van der Waals surface area (Å²) in [5.74, 6) is 0.0424. The van der Waals surface area contributed by atoms with Gasteiger partial charge in [0.25, 0.3) is 10.1 Å².